The molecule has 1 saturated carbocycles. The largest absolute Gasteiger partial charge is 0.508 e. The molecular weight excluding hydrogens is 787 g/mol. The molecule has 1 saturated heterocycles. The van der Waals surface area contributed by atoms with Gasteiger partial charge in [0.15, 0.2) is 0 Å². The first kappa shape index (κ1) is 44.7. The molecule has 0 unspecified atom stereocenters. The zero-order valence-electron chi connectivity index (χ0n) is 37.4. The quantitative estimate of drug-likeness (QED) is 0.145. The van der Waals surface area contributed by atoms with Crippen molar-refractivity contribution in [3.63, 3.8) is 0 Å². The van der Waals surface area contributed by atoms with E-state index in [0.29, 0.717) is 50.8 Å². The van der Waals surface area contributed by atoms with Crippen molar-refractivity contribution in [1.29, 1.82) is 0 Å². The van der Waals surface area contributed by atoms with Crippen molar-refractivity contribution in [2.45, 2.75) is 111 Å². The highest BCUT2D eigenvalue weighted by atomic mass is 16.5. The Hall–Kier alpha value is -5.31. The molecule has 1 aliphatic carbocycles. The van der Waals surface area contributed by atoms with E-state index >= 15 is 0 Å². The third-order valence-electron chi connectivity index (χ3n) is 13.0. The molecule has 0 radical (unpaired) electrons. The van der Waals surface area contributed by atoms with E-state index in [-0.39, 0.29) is 43.3 Å². The number of carbonyl (C=O) groups is 4. The zero-order valence-corrected chi connectivity index (χ0v) is 37.4. The molecule has 0 spiro atoms. The number of methoxy groups -OCH3 is 1. The van der Waals surface area contributed by atoms with E-state index in [1.807, 2.05) is 39.0 Å². The summed E-state index contributed by atoms with van der Waals surface area (Å²) in [6, 6.07) is 12.7. The number of phenols is 1. The number of pyridine rings is 1. The summed E-state index contributed by atoms with van der Waals surface area (Å²) in [7, 11) is 3.30. The van der Waals surface area contributed by atoms with Gasteiger partial charge in [-0.15, -0.1) is 0 Å². The highest BCUT2D eigenvalue weighted by molar-refractivity contribution is 5.96. The zero-order chi connectivity index (χ0) is 44.7. The molecule has 62 heavy (non-hydrogen) atoms. The minimum absolute atomic E-state index is 0.00654. The topological polar surface area (TPSA) is 181 Å². The number of nitrogens with two attached hydrogens (primary N) is 1. The van der Waals surface area contributed by atoms with Gasteiger partial charge in [-0.2, -0.15) is 0 Å². The Balaban J connectivity index is 1.35. The van der Waals surface area contributed by atoms with E-state index < -0.39 is 46.7 Å². The van der Waals surface area contributed by atoms with Crippen LogP contribution in [0.4, 0.5) is 0 Å². The van der Waals surface area contributed by atoms with Crippen LogP contribution in [0.5, 0.6) is 5.75 Å². The summed E-state index contributed by atoms with van der Waals surface area (Å²) in [5, 5.41) is 16.7. The van der Waals surface area contributed by atoms with Crippen LogP contribution >= 0.6 is 0 Å². The lowest BCUT2D eigenvalue weighted by Crippen LogP contribution is -2.62. The van der Waals surface area contributed by atoms with Gasteiger partial charge >= 0.3 is 5.97 Å². The number of aryl methyl sites for hydroxylation is 1. The molecule has 332 valence electrons. The summed E-state index contributed by atoms with van der Waals surface area (Å²) in [5.74, 6) is -1.86. The van der Waals surface area contributed by atoms with E-state index in [1.165, 1.54) is 9.91 Å². The van der Waals surface area contributed by atoms with Crippen molar-refractivity contribution < 1.29 is 33.8 Å². The van der Waals surface area contributed by atoms with Gasteiger partial charge in [-0.25, -0.2) is 5.43 Å². The summed E-state index contributed by atoms with van der Waals surface area (Å²) in [6.45, 7) is 13.3. The summed E-state index contributed by atoms with van der Waals surface area (Å²) in [4.78, 5) is 62.7. The molecule has 2 aromatic carbocycles. The summed E-state index contributed by atoms with van der Waals surface area (Å²) in [5.41, 5.74) is 15.0. The molecule has 2 aromatic heterocycles. The highest BCUT2D eigenvalue weighted by Gasteiger charge is 2.52. The molecule has 4 aromatic rings. The lowest BCUT2D eigenvalue weighted by Gasteiger charge is -2.37. The molecular formula is C48H63N7O7. The van der Waals surface area contributed by atoms with Crippen molar-refractivity contribution in [2.24, 2.45) is 22.5 Å². The van der Waals surface area contributed by atoms with E-state index in [0.717, 1.165) is 44.5 Å². The van der Waals surface area contributed by atoms with E-state index in [9.17, 15) is 24.3 Å². The first-order valence-electron chi connectivity index (χ1n) is 22.0. The van der Waals surface area contributed by atoms with Gasteiger partial charge in [-0.05, 0) is 111 Å². The number of esters is 1. The maximum atomic E-state index is 14.6. The Morgan fingerprint density at radius 1 is 1.11 bits per heavy atom. The van der Waals surface area contributed by atoms with Gasteiger partial charge in [0, 0.05) is 68.3 Å². The molecule has 2 fully saturated rings. The number of benzene rings is 2. The molecule has 4 heterocycles. The summed E-state index contributed by atoms with van der Waals surface area (Å²) in [6.07, 6.45) is 4.40. The molecule has 4 atom stereocenters. The number of aromatic hydroxyl groups is 1. The van der Waals surface area contributed by atoms with Gasteiger partial charge in [0.05, 0.1) is 29.5 Å². The highest BCUT2D eigenvalue weighted by Crippen LogP contribution is 2.47. The molecule has 3 amide bonds. The van der Waals surface area contributed by atoms with Crippen molar-refractivity contribution in [3.8, 4) is 28.1 Å². The van der Waals surface area contributed by atoms with Gasteiger partial charge in [-0.1, -0.05) is 39.8 Å². The van der Waals surface area contributed by atoms with Gasteiger partial charge in [0.1, 0.15) is 23.9 Å². The maximum absolute atomic E-state index is 14.6. The maximum Gasteiger partial charge on any atom is 0.324 e. The second-order valence-electron chi connectivity index (χ2n) is 18.6. The third-order valence-corrected chi connectivity index (χ3v) is 13.0. The molecule has 6 bridgehead atoms. The number of nitrogens with one attached hydrogen (secondary N) is 2. The number of hydrogen-bond donors (Lipinski definition) is 4. The summed E-state index contributed by atoms with van der Waals surface area (Å²) >= 11 is 0. The first-order valence-corrected chi connectivity index (χ1v) is 22.0. The second kappa shape index (κ2) is 17.8. The number of aromatic nitrogens is 2. The number of cyclic esters (lactones) is 1. The van der Waals surface area contributed by atoms with Gasteiger partial charge < -0.3 is 35.1 Å². The van der Waals surface area contributed by atoms with E-state index in [4.69, 9.17) is 20.2 Å². The van der Waals surface area contributed by atoms with Crippen LogP contribution in [-0.2, 0) is 48.0 Å². The molecule has 7 rings (SSSR count). The number of hydrogen-bond acceptors (Lipinski definition) is 10. The minimum Gasteiger partial charge on any atom is -0.508 e. The number of hydrazine groups is 1. The Bertz CT molecular complexity index is 2350. The van der Waals surface area contributed by atoms with Crippen LogP contribution in [0.15, 0.2) is 54.7 Å². The predicted octanol–water partition coefficient (Wildman–Crippen LogP) is 5.67. The van der Waals surface area contributed by atoms with Crippen molar-refractivity contribution in [1.82, 2.24) is 30.2 Å². The Morgan fingerprint density at radius 3 is 2.55 bits per heavy atom. The van der Waals surface area contributed by atoms with Crippen LogP contribution in [0.25, 0.3) is 33.3 Å². The molecule has 5 N–H and O–H groups in total. The number of carbonyl (C=O) groups excluding carboxylic acids is 4. The van der Waals surface area contributed by atoms with E-state index in [2.05, 4.69) is 54.3 Å². The second-order valence-corrected chi connectivity index (χ2v) is 18.6. The third kappa shape index (κ3) is 8.82. The fourth-order valence-electron chi connectivity index (χ4n) is 9.41. The molecule has 14 nitrogen and oxygen atoms in total. The molecule has 14 heteroatoms. The number of ether oxygens (including phenoxy) is 2. The Labute approximate surface area is 364 Å². The van der Waals surface area contributed by atoms with Crippen LogP contribution in [0.3, 0.4) is 0 Å². The normalized spacial score (nSPS) is 20.9. The van der Waals surface area contributed by atoms with Crippen molar-refractivity contribution in [3.05, 3.63) is 71.5 Å². The number of rotatable bonds is 10. The Kier molecular flexibility index (Phi) is 12.9. The van der Waals surface area contributed by atoms with Crippen LogP contribution in [0, 0.1) is 16.7 Å². The number of fused-ring (bicyclic) bond motifs is 6. The van der Waals surface area contributed by atoms with Crippen LogP contribution in [0.1, 0.15) is 90.2 Å². The number of phenolic OH excluding ortho intramolecular Hbond substituents is 1. The average Bonchev–Trinajstić information content (AvgIpc) is 4.00. The summed E-state index contributed by atoms with van der Waals surface area (Å²) < 4.78 is 14.2. The fraction of sp³-hybridized carbons (Fsp3) is 0.521. The van der Waals surface area contributed by atoms with Crippen LogP contribution < -0.4 is 16.5 Å². The van der Waals surface area contributed by atoms with Crippen LogP contribution in [-0.4, -0.2) is 100 Å². The Morgan fingerprint density at radius 2 is 1.87 bits per heavy atom. The number of likely N-dealkylation sites (N-methyl/N-ethyl adjacent to an activating group) is 1. The van der Waals surface area contributed by atoms with E-state index in [1.54, 1.807) is 32.5 Å². The van der Waals surface area contributed by atoms with Crippen LogP contribution in [0.2, 0.25) is 0 Å². The van der Waals surface area contributed by atoms with Gasteiger partial charge in [-0.3, -0.25) is 29.2 Å². The first-order chi connectivity index (χ1) is 29.5. The average molecular weight is 850 g/mol. The minimum atomic E-state index is -1.12. The van der Waals surface area contributed by atoms with Crippen molar-refractivity contribution >= 4 is 34.6 Å². The lowest BCUT2D eigenvalue weighted by atomic mass is 9.84. The SMILES string of the molecule is CCn1c(-c2cccnc2[C@H](C)OC)c2c3cc(ccc31)-c1cc(O)cc(c1)C[C@H](NC(=O)[C@H](C(C)C)N(C)C(=O)C1(CN)CC1)C(=O)N1CCC[C@H](N1)C(=O)OCC(C)(C)C2. The lowest BCUT2D eigenvalue weighted by molar-refractivity contribution is -0.155. The molecule has 2 aliphatic heterocycles. The number of amides is 3. The number of nitrogens with zero attached hydrogens (tertiary/aromatic N) is 4. The predicted molar refractivity (Wildman–Crippen MR) is 237 cm³/mol. The standard InChI is InChI=1S/C48H63N7O7/c1-9-54-39-15-14-31-24-35(39)36(42(54)34-12-10-18-50-40(34)29(4)61-8)25-47(5,6)27-62-45(59)37-13-11-19-55(52-37)44(58)38(22-30-20-32(31)23-33(56)21-30)51-43(57)41(28(2)3)53(7)46(60)48(26-49)16-17-48/h10,12,14-15,18,20-21,23-24,28-29,37-38,41,52,56H,9,11,13,16-17,19,22,25-27,49H2,1-8H3,(H,51,57)/t29-,37-,38-,41-/m0/s1. The monoisotopic (exact) mass is 849 g/mol. The van der Waals surface area contributed by atoms with Crippen molar-refractivity contribution in [2.75, 3.05) is 33.9 Å². The smallest absolute Gasteiger partial charge is 0.324 e. The fourth-order valence-corrected chi connectivity index (χ4v) is 9.41. The van der Waals surface area contributed by atoms with Gasteiger partial charge in [0.25, 0.3) is 5.91 Å². The molecule has 3 aliphatic rings. The van der Waals surface area contributed by atoms with Gasteiger partial charge in [0.2, 0.25) is 11.8 Å².